The lowest BCUT2D eigenvalue weighted by atomic mass is 10.0. The average molecular weight is 245 g/mol. The summed E-state index contributed by atoms with van der Waals surface area (Å²) in [5.41, 5.74) is 8.64. The number of piperidine rings is 1. The Labute approximate surface area is 110 Å². The molecule has 0 unspecified atom stereocenters. The van der Waals surface area contributed by atoms with E-state index in [1.165, 1.54) is 50.1 Å². The lowest BCUT2D eigenvalue weighted by molar-refractivity contribution is 0.215. The summed E-state index contributed by atoms with van der Waals surface area (Å²) in [7, 11) is 0. The number of nitrogens with two attached hydrogens (primary N) is 1. The van der Waals surface area contributed by atoms with Crippen LogP contribution >= 0.6 is 0 Å². The highest BCUT2D eigenvalue weighted by molar-refractivity contribution is 5.58. The lowest BCUT2D eigenvalue weighted by Crippen LogP contribution is -2.45. The Balaban J connectivity index is 1.64. The predicted octanol–water partition coefficient (Wildman–Crippen LogP) is 1.47. The van der Waals surface area contributed by atoms with Crippen molar-refractivity contribution in [2.24, 2.45) is 5.73 Å². The van der Waals surface area contributed by atoms with E-state index in [0.29, 0.717) is 0 Å². The third kappa shape index (κ3) is 2.25. The van der Waals surface area contributed by atoms with Crippen LogP contribution in [0.4, 0.5) is 5.69 Å². The van der Waals surface area contributed by atoms with Crippen LogP contribution in [0, 0.1) is 0 Å². The number of para-hydroxylation sites is 1. The molecule has 2 N–H and O–H groups in total. The SMILES string of the molecule is NCCN1CCC(N2CCc3ccccc32)CC1. The minimum absolute atomic E-state index is 0.739. The van der Waals surface area contributed by atoms with Gasteiger partial charge < -0.3 is 15.5 Å². The summed E-state index contributed by atoms with van der Waals surface area (Å²) >= 11 is 0. The summed E-state index contributed by atoms with van der Waals surface area (Å²) in [5, 5.41) is 0. The van der Waals surface area contributed by atoms with Crippen LogP contribution in [-0.2, 0) is 6.42 Å². The Kier molecular flexibility index (Phi) is 3.52. The van der Waals surface area contributed by atoms with Gasteiger partial charge in [0.25, 0.3) is 0 Å². The lowest BCUT2D eigenvalue weighted by Gasteiger charge is -2.38. The summed E-state index contributed by atoms with van der Waals surface area (Å²) in [6.07, 6.45) is 3.79. The maximum absolute atomic E-state index is 5.63. The second-order valence-corrected chi connectivity index (χ2v) is 5.43. The Bertz CT molecular complexity index is 396. The number of hydrogen-bond acceptors (Lipinski definition) is 3. The second-order valence-electron chi connectivity index (χ2n) is 5.43. The highest BCUT2D eigenvalue weighted by Gasteiger charge is 2.28. The molecular weight excluding hydrogens is 222 g/mol. The molecule has 1 fully saturated rings. The summed E-state index contributed by atoms with van der Waals surface area (Å²) in [5.74, 6) is 0. The van der Waals surface area contributed by atoms with E-state index in [-0.39, 0.29) is 0 Å². The van der Waals surface area contributed by atoms with Crippen molar-refractivity contribution in [1.82, 2.24) is 4.90 Å². The molecule has 0 saturated carbocycles. The smallest absolute Gasteiger partial charge is 0.0402 e. The molecule has 0 atom stereocenters. The molecule has 2 heterocycles. The van der Waals surface area contributed by atoms with Crippen LogP contribution in [0.3, 0.4) is 0 Å². The van der Waals surface area contributed by atoms with Crippen molar-refractivity contribution in [2.75, 3.05) is 37.6 Å². The van der Waals surface area contributed by atoms with Gasteiger partial charge in [0.15, 0.2) is 0 Å². The number of benzene rings is 1. The first kappa shape index (κ1) is 12.0. The first-order valence-corrected chi connectivity index (χ1v) is 7.15. The molecule has 2 aliphatic rings. The molecule has 1 saturated heterocycles. The normalized spacial score (nSPS) is 21.3. The molecule has 0 aromatic heterocycles. The molecule has 0 bridgehead atoms. The van der Waals surface area contributed by atoms with Crippen molar-refractivity contribution in [2.45, 2.75) is 25.3 Å². The number of hydrogen-bond donors (Lipinski definition) is 1. The molecule has 98 valence electrons. The Morgan fingerprint density at radius 1 is 1.11 bits per heavy atom. The molecule has 0 spiro atoms. The van der Waals surface area contributed by atoms with E-state index in [1.807, 2.05) is 0 Å². The van der Waals surface area contributed by atoms with E-state index in [2.05, 4.69) is 34.1 Å². The largest absolute Gasteiger partial charge is 0.368 e. The number of fused-ring (bicyclic) bond motifs is 1. The summed E-state index contributed by atoms with van der Waals surface area (Å²) in [6, 6.07) is 9.63. The van der Waals surface area contributed by atoms with E-state index >= 15 is 0 Å². The highest BCUT2D eigenvalue weighted by atomic mass is 15.2. The second kappa shape index (κ2) is 5.29. The zero-order valence-electron chi connectivity index (χ0n) is 11.0. The molecule has 3 heteroatoms. The molecule has 18 heavy (non-hydrogen) atoms. The third-order valence-electron chi connectivity index (χ3n) is 4.37. The standard InChI is InChI=1S/C15H23N3/c16-8-12-17-9-6-14(7-10-17)18-11-5-13-3-1-2-4-15(13)18/h1-4,14H,5-12,16H2. The van der Waals surface area contributed by atoms with E-state index in [4.69, 9.17) is 5.73 Å². The topological polar surface area (TPSA) is 32.5 Å². The van der Waals surface area contributed by atoms with E-state index < -0.39 is 0 Å². The molecule has 3 rings (SSSR count). The molecule has 3 nitrogen and oxygen atoms in total. The summed E-state index contributed by atoms with van der Waals surface area (Å²) in [4.78, 5) is 5.13. The number of rotatable bonds is 3. The van der Waals surface area contributed by atoms with Crippen LogP contribution in [0.15, 0.2) is 24.3 Å². The maximum Gasteiger partial charge on any atom is 0.0402 e. The minimum atomic E-state index is 0.739. The fourth-order valence-corrected chi connectivity index (χ4v) is 3.38. The van der Waals surface area contributed by atoms with Gasteiger partial charge in [0.05, 0.1) is 0 Å². The first-order valence-electron chi connectivity index (χ1n) is 7.15. The van der Waals surface area contributed by atoms with Gasteiger partial charge >= 0.3 is 0 Å². The Morgan fingerprint density at radius 3 is 2.67 bits per heavy atom. The number of likely N-dealkylation sites (tertiary alicyclic amines) is 1. The average Bonchev–Trinajstić information content (AvgIpc) is 2.84. The van der Waals surface area contributed by atoms with Gasteiger partial charge in [-0.2, -0.15) is 0 Å². The van der Waals surface area contributed by atoms with Crippen LogP contribution in [0.1, 0.15) is 18.4 Å². The fraction of sp³-hybridized carbons (Fsp3) is 0.600. The zero-order chi connectivity index (χ0) is 12.4. The Hall–Kier alpha value is -1.06. The molecule has 0 aliphatic carbocycles. The highest BCUT2D eigenvalue weighted by Crippen LogP contribution is 2.32. The maximum atomic E-state index is 5.63. The third-order valence-corrected chi connectivity index (χ3v) is 4.37. The summed E-state index contributed by atoms with van der Waals surface area (Å²) < 4.78 is 0. The van der Waals surface area contributed by atoms with Crippen molar-refractivity contribution in [3.05, 3.63) is 29.8 Å². The van der Waals surface area contributed by atoms with Gasteiger partial charge in [-0.05, 0) is 30.9 Å². The van der Waals surface area contributed by atoms with E-state index in [1.54, 1.807) is 0 Å². The van der Waals surface area contributed by atoms with Gasteiger partial charge in [0.1, 0.15) is 0 Å². The van der Waals surface area contributed by atoms with Crippen molar-refractivity contribution in [1.29, 1.82) is 0 Å². The predicted molar refractivity (Wildman–Crippen MR) is 76.0 cm³/mol. The summed E-state index contributed by atoms with van der Waals surface area (Å²) in [6.45, 7) is 5.47. The van der Waals surface area contributed by atoms with Gasteiger partial charge in [0.2, 0.25) is 0 Å². The van der Waals surface area contributed by atoms with Crippen LogP contribution in [0.2, 0.25) is 0 Å². The van der Waals surface area contributed by atoms with E-state index in [9.17, 15) is 0 Å². The van der Waals surface area contributed by atoms with Crippen molar-refractivity contribution in [3.8, 4) is 0 Å². The zero-order valence-corrected chi connectivity index (χ0v) is 11.0. The molecule has 2 aliphatic heterocycles. The fourth-order valence-electron chi connectivity index (χ4n) is 3.38. The van der Waals surface area contributed by atoms with Gasteiger partial charge in [-0.1, -0.05) is 18.2 Å². The van der Waals surface area contributed by atoms with Gasteiger partial charge in [-0.3, -0.25) is 0 Å². The van der Waals surface area contributed by atoms with E-state index in [0.717, 1.165) is 19.1 Å². The monoisotopic (exact) mass is 245 g/mol. The van der Waals surface area contributed by atoms with Crippen LogP contribution in [-0.4, -0.2) is 43.7 Å². The molecule has 1 aromatic carbocycles. The molecular formula is C15H23N3. The van der Waals surface area contributed by atoms with Crippen molar-refractivity contribution < 1.29 is 0 Å². The molecule has 0 amide bonds. The van der Waals surface area contributed by atoms with Crippen molar-refractivity contribution in [3.63, 3.8) is 0 Å². The Morgan fingerprint density at radius 2 is 1.89 bits per heavy atom. The minimum Gasteiger partial charge on any atom is -0.368 e. The van der Waals surface area contributed by atoms with Crippen molar-refractivity contribution >= 4 is 5.69 Å². The quantitative estimate of drug-likeness (QED) is 0.875. The molecule has 1 aromatic rings. The van der Waals surface area contributed by atoms with Gasteiger partial charge in [-0.25, -0.2) is 0 Å². The first-order chi connectivity index (χ1) is 8.88. The van der Waals surface area contributed by atoms with Gasteiger partial charge in [0, 0.05) is 44.5 Å². The number of anilines is 1. The van der Waals surface area contributed by atoms with Gasteiger partial charge in [-0.15, -0.1) is 0 Å². The van der Waals surface area contributed by atoms with Crippen LogP contribution in [0.25, 0.3) is 0 Å². The van der Waals surface area contributed by atoms with Crippen LogP contribution in [0.5, 0.6) is 0 Å². The van der Waals surface area contributed by atoms with Crippen LogP contribution < -0.4 is 10.6 Å². The number of nitrogens with zero attached hydrogens (tertiary/aromatic N) is 2. The molecule has 0 radical (unpaired) electrons.